The highest BCUT2D eigenvalue weighted by molar-refractivity contribution is 6.13. The Morgan fingerprint density at radius 1 is 0.422 bits per heavy atom. The number of hydrogen-bond donors (Lipinski definition) is 4. The Kier molecular flexibility index (Phi) is 9.18. The summed E-state index contributed by atoms with van der Waals surface area (Å²) in [5.41, 5.74) is -4.60. The molecule has 0 unspecified atom stereocenters. The van der Waals surface area contributed by atoms with Gasteiger partial charge in [-0.05, 0) is 48.5 Å². The summed E-state index contributed by atoms with van der Waals surface area (Å²) in [5.74, 6) is 0.455. The molecule has 0 saturated carbocycles. The summed E-state index contributed by atoms with van der Waals surface area (Å²) in [6, 6.07) is 19.8. The minimum Gasteiger partial charge on any atom is -0.478 e. The van der Waals surface area contributed by atoms with Crippen LogP contribution >= 0.6 is 0 Å². The molecular weight excluding hydrogens is 584 g/mol. The molecule has 220 valence electrons. The van der Waals surface area contributed by atoms with Crippen molar-refractivity contribution in [3.63, 3.8) is 0 Å². The molecule has 0 heterocycles. The van der Waals surface area contributed by atoms with Crippen molar-refractivity contribution in [2.75, 3.05) is 0 Å². The Morgan fingerprint density at radius 3 is 1.07 bits per heavy atom. The molecule has 0 aliphatic rings. The molecular formula is C34H18O11. The van der Waals surface area contributed by atoms with Crippen LogP contribution in [0, 0.1) is 23.7 Å². The fourth-order valence-electron chi connectivity index (χ4n) is 4.11. The summed E-state index contributed by atoms with van der Waals surface area (Å²) in [5, 5.41) is 39.2. The Hall–Kier alpha value is -6.98. The van der Waals surface area contributed by atoms with Gasteiger partial charge in [0.25, 0.3) is 0 Å². The first kappa shape index (κ1) is 31.0. The van der Waals surface area contributed by atoms with Crippen molar-refractivity contribution in [1.29, 1.82) is 0 Å². The number of carboxylic acids is 4. The van der Waals surface area contributed by atoms with Crippen molar-refractivity contribution in [3.05, 3.63) is 141 Å². The average molecular weight is 603 g/mol. The summed E-state index contributed by atoms with van der Waals surface area (Å²) in [6.45, 7) is 0. The summed E-state index contributed by atoms with van der Waals surface area (Å²) < 4.78 is 4.84. The van der Waals surface area contributed by atoms with Gasteiger partial charge in [-0.2, -0.15) is 0 Å². The van der Waals surface area contributed by atoms with Gasteiger partial charge in [0.05, 0.1) is 44.5 Å². The lowest BCUT2D eigenvalue weighted by atomic mass is 9.95. The molecule has 0 aliphatic carbocycles. The van der Waals surface area contributed by atoms with Crippen molar-refractivity contribution in [3.8, 4) is 23.7 Å². The van der Waals surface area contributed by atoms with E-state index in [0.29, 0.717) is 11.1 Å². The quantitative estimate of drug-likeness (QED) is 0.140. The molecule has 0 radical (unpaired) electrons. The monoisotopic (exact) mass is 602 g/mol. The van der Waals surface area contributed by atoms with Crippen LogP contribution in [-0.2, 0) is 4.74 Å². The van der Waals surface area contributed by atoms with E-state index in [1.165, 1.54) is 0 Å². The van der Waals surface area contributed by atoms with Crippen LogP contribution < -0.4 is 0 Å². The van der Waals surface area contributed by atoms with Crippen molar-refractivity contribution in [2.45, 2.75) is 0 Å². The molecule has 4 aromatic carbocycles. The standard InChI is InChI=1S/C34H18O11/c35-29(36)23-15-17-25(27(31(39)40)21(23)13-11-19-7-3-1-4-8-19)33(43)45-34(44)26-18-16-24(30(37)38)22(28(26)32(41)42)14-12-20-9-5-2-6-10-20/h1-10,15-18H,(H,35,36)(H,37,38)(H,39,40)(H,41,42). The third kappa shape index (κ3) is 6.92. The second-order valence-electron chi connectivity index (χ2n) is 8.95. The smallest absolute Gasteiger partial charge is 0.346 e. The fraction of sp³-hybridized carbons (Fsp3) is 0. The number of carbonyl (C=O) groups is 6. The first-order chi connectivity index (χ1) is 21.5. The van der Waals surface area contributed by atoms with Gasteiger partial charge in [-0.1, -0.05) is 60.1 Å². The van der Waals surface area contributed by atoms with Gasteiger partial charge >= 0.3 is 35.8 Å². The van der Waals surface area contributed by atoms with E-state index in [2.05, 4.69) is 23.7 Å². The molecule has 4 aromatic rings. The van der Waals surface area contributed by atoms with Crippen LogP contribution in [0.25, 0.3) is 0 Å². The second kappa shape index (κ2) is 13.3. The zero-order valence-electron chi connectivity index (χ0n) is 22.7. The predicted molar refractivity (Wildman–Crippen MR) is 155 cm³/mol. The van der Waals surface area contributed by atoms with E-state index in [-0.39, 0.29) is 0 Å². The van der Waals surface area contributed by atoms with Gasteiger partial charge in [-0.3, -0.25) is 0 Å². The molecule has 0 atom stereocenters. The zero-order valence-corrected chi connectivity index (χ0v) is 22.7. The Balaban J connectivity index is 1.81. The largest absolute Gasteiger partial charge is 0.478 e. The van der Waals surface area contributed by atoms with Crippen LogP contribution in [0.3, 0.4) is 0 Å². The molecule has 11 nitrogen and oxygen atoms in total. The van der Waals surface area contributed by atoms with Gasteiger partial charge in [0.2, 0.25) is 0 Å². The second-order valence-corrected chi connectivity index (χ2v) is 8.95. The van der Waals surface area contributed by atoms with E-state index in [4.69, 9.17) is 4.74 Å². The van der Waals surface area contributed by atoms with Crippen LogP contribution in [0.4, 0.5) is 0 Å². The molecule has 45 heavy (non-hydrogen) atoms. The molecule has 0 spiro atoms. The molecule has 0 saturated heterocycles. The van der Waals surface area contributed by atoms with Gasteiger partial charge in [0.15, 0.2) is 0 Å². The van der Waals surface area contributed by atoms with Crippen molar-refractivity contribution in [2.24, 2.45) is 0 Å². The highest BCUT2D eigenvalue weighted by Crippen LogP contribution is 2.24. The van der Waals surface area contributed by atoms with Crippen LogP contribution in [0.1, 0.15) is 84.4 Å². The SMILES string of the molecule is O=C(O)c1ccc(C(=O)OC(=O)c2ccc(C(=O)O)c(C#Cc3ccccc3)c2C(=O)O)c(C(=O)O)c1C#Cc1ccccc1. The van der Waals surface area contributed by atoms with Crippen LogP contribution in [-0.4, -0.2) is 56.2 Å². The van der Waals surface area contributed by atoms with E-state index < -0.39 is 80.3 Å². The maximum atomic E-state index is 13.1. The van der Waals surface area contributed by atoms with Crippen molar-refractivity contribution >= 4 is 35.8 Å². The lowest BCUT2D eigenvalue weighted by Gasteiger charge is -2.12. The first-order valence-corrected chi connectivity index (χ1v) is 12.7. The number of esters is 2. The van der Waals surface area contributed by atoms with Gasteiger partial charge in [0.1, 0.15) is 0 Å². The Morgan fingerprint density at radius 2 is 0.756 bits per heavy atom. The molecule has 0 amide bonds. The van der Waals surface area contributed by atoms with E-state index in [1.54, 1.807) is 60.7 Å². The Labute approximate surface area is 254 Å². The van der Waals surface area contributed by atoms with Crippen LogP contribution in [0.5, 0.6) is 0 Å². The minimum atomic E-state index is -1.76. The number of benzene rings is 4. The van der Waals surface area contributed by atoms with E-state index in [0.717, 1.165) is 24.3 Å². The highest BCUT2D eigenvalue weighted by atomic mass is 16.6. The summed E-state index contributed by atoms with van der Waals surface area (Å²) in [7, 11) is 0. The fourth-order valence-corrected chi connectivity index (χ4v) is 4.11. The normalized spacial score (nSPS) is 9.87. The van der Waals surface area contributed by atoms with Gasteiger partial charge < -0.3 is 25.2 Å². The summed E-state index contributed by atoms with van der Waals surface area (Å²) >= 11 is 0. The topological polar surface area (TPSA) is 193 Å². The number of hydrogen-bond acceptors (Lipinski definition) is 7. The van der Waals surface area contributed by atoms with Gasteiger partial charge in [-0.25, -0.2) is 28.8 Å². The number of carboxylic acid groups (broad SMARTS) is 4. The third-order valence-electron chi connectivity index (χ3n) is 6.14. The molecule has 0 bridgehead atoms. The van der Waals surface area contributed by atoms with Crippen LogP contribution in [0.2, 0.25) is 0 Å². The summed E-state index contributed by atoms with van der Waals surface area (Å²) in [4.78, 5) is 74.5. The molecule has 4 rings (SSSR count). The number of ether oxygens (including phenoxy) is 1. The average Bonchev–Trinajstić information content (AvgIpc) is 3.02. The third-order valence-corrected chi connectivity index (χ3v) is 6.14. The lowest BCUT2D eigenvalue weighted by molar-refractivity contribution is 0.0385. The number of rotatable bonds is 6. The molecule has 0 aromatic heterocycles. The molecule has 0 fully saturated rings. The van der Waals surface area contributed by atoms with E-state index >= 15 is 0 Å². The number of aromatic carboxylic acids is 4. The summed E-state index contributed by atoms with van der Waals surface area (Å²) in [6.07, 6.45) is 0. The maximum Gasteiger partial charge on any atom is 0.346 e. The highest BCUT2D eigenvalue weighted by Gasteiger charge is 2.30. The molecule has 11 heteroatoms. The predicted octanol–water partition coefficient (Wildman–Crippen LogP) is 4.28. The van der Waals surface area contributed by atoms with E-state index in [9.17, 15) is 49.2 Å². The Bertz CT molecular complexity index is 1870. The first-order valence-electron chi connectivity index (χ1n) is 12.7. The van der Waals surface area contributed by atoms with Crippen molar-refractivity contribution < 1.29 is 53.9 Å². The molecule has 0 aliphatic heterocycles. The van der Waals surface area contributed by atoms with E-state index in [1.807, 2.05) is 0 Å². The maximum absolute atomic E-state index is 13.1. The lowest BCUT2D eigenvalue weighted by Crippen LogP contribution is -2.21. The van der Waals surface area contributed by atoms with Gasteiger partial charge in [0, 0.05) is 11.1 Å². The van der Waals surface area contributed by atoms with Gasteiger partial charge in [-0.15, -0.1) is 0 Å². The number of carbonyl (C=O) groups excluding carboxylic acids is 2. The molecule has 4 N–H and O–H groups in total. The van der Waals surface area contributed by atoms with Crippen LogP contribution in [0.15, 0.2) is 84.9 Å². The van der Waals surface area contributed by atoms with Crippen molar-refractivity contribution in [1.82, 2.24) is 0 Å². The zero-order chi connectivity index (χ0) is 32.7. The minimum absolute atomic E-state index is 0.408.